The van der Waals surface area contributed by atoms with Crippen LogP contribution in [0.1, 0.15) is 47.6 Å². The highest BCUT2D eigenvalue weighted by atomic mass is 16.1. The van der Waals surface area contributed by atoms with Crippen molar-refractivity contribution in [3.8, 4) is 0 Å². The van der Waals surface area contributed by atoms with Gasteiger partial charge in [0.15, 0.2) is 5.65 Å². The molecule has 0 spiro atoms. The fraction of sp³-hybridized carbons (Fsp3) is 0.353. The molecule has 2 aromatic heterocycles. The van der Waals surface area contributed by atoms with Crippen molar-refractivity contribution in [1.82, 2.24) is 19.9 Å². The van der Waals surface area contributed by atoms with Gasteiger partial charge in [-0.1, -0.05) is 12.2 Å². The average Bonchev–Trinajstić information content (AvgIpc) is 3.11. The third-order valence-corrected chi connectivity index (χ3v) is 3.99. The van der Waals surface area contributed by atoms with Gasteiger partial charge in [0.25, 0.3) is 5.91 Å². The lowest BCUT2D eigenvalue weighted by Gasteiger charge is -2.07. The van der Waals surface area contributed by atoms with Crippen molar-refractivity contribution in [3.05, 3.63) is 52.6 Å². The summed E-state index contributed by atoms with van der Waals surface area (Å²) in [5.41, 5.74) is 5.45. The summed E-state index contributed by atoms with van der Waals surface area (Å²) in [5.74, 6) is -0.168. The molecule has 1 aliphatic carbocycles. The minimum absolute atomic E-state index is 0.168. The van der Waals surface area contributed by atoms with E-state index in [1.807, 2.05) is 43.5 Å². The van der Waals surface area contributed by atoms with E-state index >= 15 is 0 Å². The molecular weight excluding hydrogens is 276 g/mol. The van der Waals surface area contributed by atoms with Crippen LogP contribution in [-0.4, -0.2) is 20.5 Å². The molecule has 1 amide bonds. The Bertz CT molecular complexity index is 799. The molecule has 0 saturated carbocycles. The highest BCUT2D eigenvalue weighted by Crippen LogP contribution is 2.25. The Morgan fingerprint density at radius 2 is 2.23 bits per heavy atom. The number of fused-ring (bicyclic) bond motifs is 3. The topological polar surface area (TPSA) is 59.3 Å². The van der Waals surface area contributed by atoms with Crippen LogP contribution >= 0.6 is 0 Å². The van der Waals surface area contributed by atoms with Gasteiger partial charge in [-0.2, -0.15) is 5.10 Å². The summed E-state index contributed by atoms with van der Waals surface area (Å²) in [4.78, 5) is 17.0. The molecule has 0 atom stereocenters. The van der Waals surface area contributed by atoms with Crippen molar-refractivity contribution in [3.63, 3.8) is 0 Å². The number of aryl methyl sites for hydroxylation is 2. The summed E-state index contributed by atoms with van der Waals surface area (Å²) in [7, 11) is 0. The van der Waals surface area contributed by atoms with E-state index < -0.39 is 0 Å². The quantitative estimate of drug-likeness (QED) is 0.886. The SMILES string of the molecule is C/C=C/C=C(\C)NC(=O)c1cnn2c3c(c(C)nc12)CCC3. The van der Waals surface area contributed by atoms with E-state index in [2.05, 4.69) is 15.4 Å². The minimum Gasteiger partial charge on any atom is -0.326 e. The lowest BCUT2D eigenvalue weighted by atomic mass is 10.2. The van der Waals surface area contributed by atoms with Crippen LogP contribution < -0.4 is 5.32 Å². The first-order chi connectivity index (χ1) is 10.6. The third kappa shape index (κ3) is 2.43. The summed E-state index contributed by atoms with van der Waals surface area (Å²) in [5, 5.41) is 7.26. The lowest BCUT2D eigenvalue weighted by Crippen LogP contribution is -2.21. The van der Waals surface area contributed by atoms with E-state index in [1.165, 1.54) is 11.3 Å². The van der Waals surface area contributed by atoms with Crippen molar-refractivity contribution >= 4 is 11.6 Å². The third-order valence-electron chi connectivity index (χ3n) is 3.99. The van der Waals surface area contributed by atoms with E-state index in [9.17, 15) is 4.79 Å². The second kappa shape index (κ2) is 5.75. The number of amides is 1. The first kappa shape index (κ1) is 14.5. The summed E-state index contributed by atoms with van der Waals surface area (Å²) in [6, 6.07) is 0. The number of aromatic nitrogens is 3. The van der Waals surface area contributed by atoms with Gasteiger partial charge in [0.05, 0.1) is 6.20 Å². The first-order valence-corrected chi connectivity index (χ1v) is 7.59. The molecule has 1 aliphatic rings. The van der Waals surface area contributed by atoms with Crippen LogP contribution in [0.25, 0.3) is 5.65 Å². The Kier molecular flexibility index (Phi) is 3.79. The van der Waals surface area contributed by atoms with Gasteiger partial charge < -0.3 is 5.32 Å². The molecule has 3 rings (SSSR count). The van der Waals surface area contributed by atoms with Crippen molar-refractivity contribution in [2.24, 2.45) is 0 Å². The normalized spacial score (nSPS) is 14.8. The molecule has 0 radical (unpaired) electrons. The number of carbonyl (C=O) groups is 1. The predicted molar refractivity (Wildman–Crippen MR) is 85.8 cm³/mol. The van der Waals surface area contributed by atoms with E-state index in [0.29, 0.717) is 11.2 Å². The van der Waals surface area contributed by atoms with Crippen LogP contribution in [0.3, 0.4) is 0 Å². The van der Waals surface area contributed by atoms with Gasteiger partial charge in [0.2, 0.25) is 0 Å². The second-order valence-corrected chi connectivity index (χ2v) is 5.60. The second-order valence-electron chi connectivity index (χ2n) is 5.60. The van der Waals surface area contributed by atoms with Crippen LogP contribution in [0.5, 0.6) is 0 Å². The van der Waals surface area contributed by atoms with E-state index in [4.69, 9.17) is 0 Å². The largest absolute Gasteiger partial charge is 0.326 e. The highest BCUT2D eigenvalue weighted by molar-refractivity contribution is 6.00. The van der Waals surface area contributed by atoms with Gasteiger partial charge >= 0.3 is 0 Å². The lowest BCUT2D eigenvalue weighted by molar-refractivity contribution is 0.0967. The predicted octanol–water partition coefficient (Wildman–Crippen LogP) is 2.74. The molecule has 0 bridgehead atoms. The molecular formula is C17H20N4O. The minimum atomic E-state index is -0.168. The monoisotopic (exact) mass is 296 g/mol. The Morgan fingerprint density at radius 3 is 3.00 bits per heavy atom. The number of carbonyl (C=O) groups excluding carboxylic acids is 1. The molecule has 0 aliphatic heterocycles. The van der Waals surface area contributed by atoms with Crippen LogP contribution in [0, 0.1) is 6.92 Å². The zero-order valence-electron chi connectivity index (χ0n) is 13.2. The van der Waals surface area contributed by atoms with Gasteiger partial charge in [0, 0.05) is 17.1 Å². The Hall–Kier alpha value is -2.43. The molecule has 0 aromatic carbocycles. The summed E-state index contributed by atoms with van der Waals surface area (Å²) < 4.78 is 1.83. The Labute approximate surface area is 129 Å². The molecule has 2 aromatic rings. The molecule has 0 unspecified atom stereocenters. The zero-order chi connectivity index (χ0) is 15.7. The molecule has 0 fully saturated rings. The fourth-order valence-corrected chi connectivity index (χ4v) is 2.91. The van der Waals surface area contributed by atoms with Crippen LogP contribution in [0.4, 0.5) is 0 Å². The van der Waals surface area contributed by atoms with Crippen LogP contribution in [0.2, 0.25) is 0 Å². The van der Waals surface area contributed by atoms with Crippen molar-refractivity contribution in [1.29, 1.82) is 0 Å². The molecule has 114 valence electrons. The zero-order valence-corrected chi connectivity index (χ0v) is 13.2. The molecule has 22 heavy (non-hydrogen) atoms. The molecule has 5 nitrogen and oxygen atoms in total. The maximum Gasteiger partial charge on any atom is 0.260 e. The average molecular weight is 296 g/mol. The molecule has 2 heterocycles. The van der Waals surface area contributed by atoms with Crippen LogP contribution in [-0.2, 0) is 12.8 Å². The van der Waals surface area contributed by atoms with Gasteiger partial charge in [0.1, 0.15) is 5.56 Å². The number of rotatable bonds is 3. The van der Waals surface area contributed by atoms with Gasteiger partial charge in [-0.15, -0.1) is 0 Å². The number of nitrogens with zero attached hydrogens (tertiary/aromatic N) is 3. The van der Waals surface area contributed by atoms with Crippen molar-refractivity contribution in [2.45, 2.75) is 40.0 Å². The maximum atomic E-state index is 12.4. The number of nitrogens with one attached hydrogen (secondary N) is 1. The van der Waals surface area contributed by atoms with Crippen molar-refractivity contribution in [2.75, 3.05) is 0 Å². The highest BCUT2D eigenvalue weighted by Gasteiger charge is 2.22. The number of hydrogen-bond acceptors (Lipinski definition) is 3. The summed E-state index contributed by atoms with van der Waals surface area (Å²) >= 11 is 0. The van der Waals surface area contributed by atoms with Gasteiger partial charge in [-0.05, 0) is 51.7 Å². The number of allylic oxidation sites excluding steroid dienone is 4. The van der Waals surface area contributed by atoms with Crippen LogP contribution in [0.15, 0.2) is 30.1 Å². The smallest absolute Gasteiger partial charge is 0.260 e. The summed E-state index contributed by atoms with van der Waals surface area (Å²) in [6.07, 6.45) is 10.5. The molecule has 0 saturated heterocycles. The fourth-order valence-electron chi connectivity index (χ4n) is 2.91. The van der Waals surface area contributed by atoms with Gasteiger partial charge in [-0.3, -0.25) is 4.79 Å². The van der Waals surface area contributed by atoms with Gasteiger partial charge in [-0.25, -0.2) is 9.50 Å². The first-order valence-electron chi connectivity index (χ1n) is 7.59. The van der Waals surface area contributed by atoms with Crippen molar-refractivity contribution < 1.29 is 4.79 Å². The molecule has 1 N–H and O–H groups in total. The van der Waals surface area contributed by atoms with E-state index in [1.54, 1.807) is 6.20 Å². The summed E-state index contributed by atoms with van der Waals surface area (Å²) in [6.45, 7) is 5.81. The Balaban J connectivity index is 1.99. The maximum absolute atomic E-state index is 12.4. The standard InChI is InChI=1S/C17H20N4O/c1-4-5-7-11(2)19-17(22)14-10-18-21-15-9-6-8-13(15)12(3)20-16(14)21/h4-5,7,10H,6,8-9H2,1-3H3,(H,19,22)/b5-4+,11-7+. The van der Waals surface area contributed by atoms with E-state index in [-0.39, 0.29) is 5.91 Å². The Morgan fingerprint density at radius 1 is 1.41 bits per heavy atom. The molecule has 5 heteroatoms. The number of hydrogen-bond donors (Lipinski definition) is 1. The van der Waals surface area contributed by atoms with E-state index in [0.717, 1.165) is 30.7 Å².